The lowest BCUT2D eigenvalue weighted by atomic mass is 9.76. The van der Waals surface area contributed by atoms with Gasteiger partial charge in [-0.05, 0) is 25.9 Å². The molecule has 3 saturated heterocycles. The highest BCUT2D eigenvalue weighted by atomic mass is 16.5. The lowest BCUT2D eigenvalue weighted by Gasteiger charge is -2.29. The van der Waals surface area contributed by atoms with Gasteiger partial charge in [0.05, 0.1) is 24.5 Å². The zero-order chi connectivity index (χ0) is 19.2. The first-order chi connectivity index (χ1) is 13.0. The van der Waals surface area contributed by atoms with E-state index in [2.05, 4.69) is 31.9 Å². The third-order valence-corrected chi connectivity index (χ3v) is 7.13. The van der Waals surface area contributed by atoms with Crippen molar-refractivity contribution in [3.63, 3.8) is 0 Å². The predicted octanol–water partition coefficient (Wildman–Crippen LogP) is 1.37. The topological polar surface area (TPSA) is 53.1 Å². The molecule has 6 heteroatoms. The number of amides is 2. The molecule has 0 unspecified atom stereocenters. The highest BCUT2D eigenvalue weighted by molar-refractivity contribution is 5.93. The van der Waals surface area contributed by atoms with Crippen LogP contribution in [0.2, 0.25) is 0 Å². The van der Waals surface area contributed by atoms with E-state index in [9.17, 15) is 9.59 Å². The number of likely N-dealkylation sites (tertiary alicyclic amines) is 1. The number of ether oxygens (including phenoxy) is 1. The summed E-state index contributed by atoms with van der Waals surface area (Å²) in [6, 6.07) is 0. The Morgan fingerprint density at radius 3 is 2.78 bits per heavy atom. The van der Waals surface area contributed by atoms with Crippen LogP contribution in [0.1, 0.15) is 33.1 Å². The van der Waals surface area contributed by atoms with Gasteiger partial charge in [0.25, 0.3) is 0 Å². The Morgan fingerprint density at radius 2 is 2.04 bits per heavy atom. The van der Waals surface area contributed by atoms with Gasteiger partial charge in [-0.15, -0.1) is 0 Å². The molecule has 0 aromatic rings. The summed E-state index contributed by atoms with van der Waals surface area (Å²) < 4.78 is 6.28. The molecular weight excluding hydrogens is 342 g/mol. The SMILES string of the molecule is CCC(CC)CN1C[C@]23C=C[C@H](O2)[C@@H](C(=O)N2CCCN(C)CC2)[C@H]3C1=O. The molecule has 4 aliphatic rings. The summed E-state index contributed by atoms with van der Waals surface area (Å²) >= 11 is 0. The molecule has 0 aromatic heterocycles. The van der Waals surface area contributed by atoms with Gasteiger partial charge < -0.3 is 19.4 Å². The van der Waals surface area contributed by atoms with Crippen molar-refractivity contribution < 1.29 is 14.3 Å². The van der Waals surface area contributed by atoms with E-state index >= 15 is 0 Å². The summed E-state index contributed by atoms with van der Waals surface area (Å²) in [5.41, 5.74) is -0.573. The van der Waals surface area contributed by atoms with E-state index in [1.165, 1.54) is 0 Å². The van der Waals surface area contributed by atoms with Gasteiger partial charge in [-0.25, -0.2) is 0 Å². The van der Waals surface area contributed by atoms with E-state index in [0.29, 0.717) is 12.5 Å². The maximum Gasteiger partial charge on any atom is 0.230 e. The Morgan fingerprint density at radius 1 is 1.26 bits per heavy atom. The molecule has 0 aromatic carbocycles. The van der Waals surface area contributed by atoms with Crippen LogP contribution in [-0.4, -0.2) is 84.5 Å². The maximum absolute atomic E-state index is 13.4. The van der Waals surface area contributed by atoms with Crippen LogP contribution in [-0.2, 0) is 14.3 Å². The molecule has 1 spiro atoms. The third kappa shape index (κ3) is 3.11. The highest BCUT2D eigenvalue weighted by Crippen LogP contribution is 2.52. The normalized spacial score (nSPS) is 36.0. The van der Waals surface area contributed by atoms with E-state index in [-0.39, 0.29) is 29.8 Å². The first kappa shape index (κ1) is 18.9. The average molecular weight is 376 g/mol. The molecule has 2 bridgehead atoms. The van der Waals surface area contributed by atoms with Crippen LogP contribution in [0.15, 0.2) is 12.2 Å². The molecule has 3 fully saturated rings. The molecule has 4 heterocycles. The van der Waals surface area contributed by atoms with Crippen LogP contribution in [0.3, 0.4) is 0 Å². The second-order valence-electron chi connectivity index (χ2n) is 8.78. The Hall–Kier alpha value is -1.40. The van der Waals surface area contributed by atoms with E-state index in [4.69, 9.17) is 4.74 Å². The first-order valence-corrected chi connectivity index (χ1v) is 10.6. The van der Waals surface area contributed by atoms with Gasteiger partial charge in [0.2, 0.25) is 11.8 Å². The number of rotatable bonds is 5. The fourth-order valence-corrected chi connectivity index (χ4v) is 5.35. The van der Waals surface area contributed by atoms with E-state index in [1.807, 2.05) is 15.9 Å². The number of likely N-dealkylation sites (N-methyl/N-ethyl adjacent to an activating group) is 1. The minimum atomic E-state index is -0.573. The van der Waals surface area contributed by atoms with E-state index in [1.54, 1.807) is 0 Å². The van der Waals surface area contributed by atoms with Gasteiger partial charge in [-0.1, -0.05) is 38.8 Å². The highest BCUT2D eigenvalue weighted by Gasteiger charge is 2.67. The minimum Gasteiger partial charge on any atom is -0.360 e. The van der Waals surface area contributed by atoms with Gasteiger partial charge in [-0.2, -0.15) is 0 Å². The summed E-state index contributed by atoms with van der Waals surface area (Å²) in [5, 5.41) is 0. The second-order valence-corrected chi connectivity index (χ2v) is 8.78. The summed E-state index contributed by atoms with van der Waals surface area (Å²) in [6.07, 6.45) is 6.98. The van der Waals surface area contributed by atoms with Gasteiger partial charge in [0, 0.05) is 26.2 Å². The quantitative estimate of drug-likeness (QED) is 0.681. The lowest BCUT2D eigenvalue weighted by molar-refractivity contribution is -0.143. The van der Waals surface area contributed by atoms with Gasteiger partial charge in [-0.3, -0.25) is 9.59 Å². The minimum absolute atomic E-state index is 0.115. The monoisotopic (exact) mass is 375 g/mol. The van der Waals surface area contributed by atoms with Gasteiger partial charge in [0.1, 0.15) is 5.60 Å². The molecule has 4 atom stereocenters. The number of hydrogen-bond acceptors (Lipinski definition) is 4. The van der Waals surface area contributed by atoms with Crippen LogP contribution < -0.4 is 0 Å². The molecule has 0 saturated carbocycles. The largest absolute Gasteiger partial charge is 0.360 e. The van der Waals surface area contributed by atoms with Crippen molar-refractivity contribution in [2.24, 2.45) is 17.8 Å². The Bertz CT molecular complexity index is 632. The van der Waals surface area contributed by atoms with Crippen molar-refractivity contribution >= 4 is 11.8 Å². The zero-order valence-corrected chi connectivity index (χ0v) is 16.9. The molecule has 6 nitrogen and oxygen atoms in total. The van der Waals surface area contributed by atoms with Crippen molar-refractivity contribution in [1.29, 1.82) is 0 Å². The van der Waals surface area contributed by atoms with Crippen LogP contribution >= 0.6 is 0 Å². The fourth-order valence-electron chi connectivity index (χ4n) is 5.35. The maximum atomic E-state index is 13.4. The molecule has 0 radical (unpaired) electrons. The molecule has 4 rings (SSSR count). The van der Waals surface area contributed by atoms with E-state index in [0.717, 1.165) is 52.0 Å². The second kappa shape index (κ2) is 7.21. The molecule has 27 heavy (non-hydrogen) atoms. The van der Waals surface area contributed by atoms with Crippen LogP contribution in [0, 0.1) is 17.8 Å². The van der Waals surface area contributed by atoms with Crippen LogP contribution in [0.25, 0.3) is 0 Å². The summed E-state index contributed by atoms with van der Waals surface area (Å²) in [6.45, 7) is 9.17. The molecule has 150 valence electrons. The Labute approximate surface area is 162 Å². The van der Waals surface area contributed by atoms with Crippen molar-refractivity contribution in [2.45, 2.75) is 44.8 Å². The van der Waals surface area contributed by atoms with Crippen molar-refractivity contribution in [2.75, 3.05) is 46.3 Å². The smallest absolute Gasteiger partial charge is 0.230 e. The molecule has 0 N–H and O–H groups in total. The standard InChI is InChI=1S/C21H33N3O3/c1-4-15(5-2)13-24-14-21-8-7-16(27-21)17(18(21)20(24)26)19(25)23-10-6-9-22(3)11-12-23/h7-8,15-18H,4-6,9-14H2,1-3H3/t16-,17+,18-,21-/m0/s1. The Kier molecular flexibility index (Phi) is 5.06. The van der Waals surface area contributed by atoms with Gasteiger partial charge in [0.15, 0.2) is 0 Å². The van der Waals surface area contributed by atoms with Gasteiger partial charge >= 0.3 is 0 Å². The summed E-state index contributed by atoms with van der Waals surface area (Å²) in [7, 11) is 2.10. The molecule has 2 amide bonds. The number of nitrogens with zero attached hydrogens (tertiary/aromatic N) is 3. The predicted molar refractivity (Wildman–Crippen MR) is 103 cm³/mol. The number of hydrogen-bond donors (Lipinski definition) is 0. The van der Waals surface area contributed by atoms with E-state index < -0.39 is 5.60 Å². The number of fused-ring (bicyclic) bond motifs is 1. The molecular formula is C21H33N3O3. The van der Waals surface area contributed by atoms with Crippen molar-refractivity contribution in [3.05, 3.63) is 12.2 Å². The Balaban J connectivity index is 1.53. The fraction of sp³-hybridized carbons (Fsp3) is 0.810. The molecule has 0 aliphatic carbocycles. The number of carbonyl (C=O) groups excluding carboxylic acids is 2. The zero-order valence-electron chi connectivity index (χ0n) is 16.9. The van der Waals surface area contributed by atoms with Crippen molar-refractivity contribution in [3.8, 4) is 0 Å². The summed E-state index contributed by atoms with van der Waals surface area (Å²) in [4.78, 5) is 32.9. The lowest BCUT2D eigenvalue weighted by Crippen LogP contribution is -2.47. The molecule has 4 aliphatic heterocycles. The average Bonchev–Trinajstić information content (AvgIpc) is 3.23. The first-order valence-electron chi connectivity index (χ1n) is 10.6. The van der Waals surface area contributed by atoms with Crippen molar-refractivity contribution in [1.82, 2.24) is 14.7 Å². The number of carbonyl (C=O) groups is 2. The van der Waals surface area contributed by atoms with Crippen LogP contribution in [0.4, 0.5) is 0 Å². The van der Waals surface area contributed by atoms with Crippen LogP contribution in [0.5, 0.6) is 0 Å². The summed E-state index contributed by atoms with van der Waals surface area (Å²) in [5.74, 6) is 0.0666. The third-order valence-electron chi connectivity index (χ3n) is 7.13.